The Morgan fingerprint density at radius 2 is 2.50 bits per heavy atom. The van der Waals surface area contributed by atoms with E-state index in [0.29, 0.717) is 0 Å². The summed E-state index contributed by atoms with van der Waals surface area (Å²) in [6.07, 6.45) is 2.07. The number of hydrogen-bond donors (Lipinski definition) is 1. The van der Waals surface area contributed by atoms with Crippen molar-refractivity contribution >= 4 is 0 Å². The van der Waals surface area contributed by atoms with Crippen LogP contribution in [0.3, 0.4) is 0 Å². The van der Waals surface area contributed by atoms with Crippen molar-refractivity contribution in [3.05, 3.63) is 0 Å². The van der Waals surface area contributed by atoms with Crippen LogP contribution in [0.1, 0.15) is 19.8 Å². The molecule has 2 N–H and O–H groups in total. The van der Waals surface area contributed by atoms with Gasteiger partial charge in [0.15, 0.2) is 0 Å². The molecule has 1 unspecified atom stereocenters. The molecule has 2 heteroatoms. The molecule has 1 rings (SSSR count). The first-order valence-electron chi connectivity index (χ1n) is 3.13. The number of ether oxygens (including phenoxy) is 1. The molecule has 0 aromatic rings. The third-order valence-electron chi connectivity index (χ3n) is 1.84. The van der Waals surface area contributed by atoms with Gasteiger partial charge in [-0.3, -0.25) is 0 Å². The molecular weight excluding hydrogens is 102 g/mol. The molecule has 48 valence electrons. The molecule has 2 nitrogen and oxygen atoms in total. The third kappa shape index (κ3) is 1.01. The Kier molecular flexibility index (Phi) is 1.54. The average molecular weight is 115 g/mol. The fraction of sp³-hybridized carbons (Fsp3) is 1.00. The maximum atomic E-state index is 5.83. The fourth-order valence-electron chi connectivity index (χ4n) is 0.902. The van der Waals surface area contributed by atoms with Gasteiger partial charge in [0.25, 0.3) is 0 Å². The molecule has 1 atom stereocenters. The highest BCUT2D eigenvalue weighted by Crippen LogP contribution is 2.17. The van der Waals surface area contributed by atoms with E-state index in [1.54, 1.807) is 0 Å². The SMILES string of the molecule is CCC1(N)CCOC1. The zero-order valence-corrected chi connectivity index (χ0v) is 5.31. The lowest BCUT2D eigenvalue weighted by Gasteiger charge is -2.17. The van der Waals surface area contributed by atoms with E-state index in [1.807, 2.05) is 0 Å². The average Bonchev–Trinajstić information content (AvgIpc) is 2.17. The molecule has 0 spiro atoms. The van der Waals surface area contributed by atoms with Gasteiger partial charge in [-0.25, -0.2) is 0 Å². The van der Waals surface area contributed by atoms with Crippen LogP contribution in [-0.2, 0) is 4.74 Å². The van der Waals surface area contributed by atoms with Crippen molar-refractivity contribution < 1.29 is 4.74 Å². The second-order valence-corrected chi connectivity index (χ2v) is 2.52. The predicted octanol–water partition coefficient (Wildman–Crippen LogP) is 0.514. The molecule has 0 radical (unpaired) electrons. The Bertz CT molecular complexity index is 76.6. The summed E-state index contributed by atoms with van der Waals surface area (Å²) in [5.74, 6) is 0. The summed E-state index contributed by atoms with van der Waals surface area (Å²) in [6.45, 7) is 3.71. The lowest BCUT2D eigenvalue weighted by Crippen LogP contribution is -2.39. The van der Waals surface area contributed by atoms with Crippen molar-refractivity contribution in [2.24, 2.45) is 5.73 Å². The van der Waals surface area contributed by atoms with Crippen LogP contribution in [0.2, 0.25) is 0 Å². The van der Waals surface area contributed by atoms with Crippen molar-refractivity contribution in [2.45, 2.75) is 25.3 Å². The van der Waals surface area contributed by atoms with Crippen molar-refractivity contribution in [3.63, 3.8) is 0 Å². The molecule has 0 amide bonds. The summed E-state index contributed by atoms with van der Waals surface area (Å²) >= 11 is 0. The second-order valence-electron chi connectivity index (χ2n) is 2.52. The van der Waals surface area contributed by atoms with E-state index in [0.717, 1.165) is 26.1 Å². The van der Waals surface area contributed by atoms with Crippen LogP contribution in [-0.4, -0.2) is 18.8 Å². The van der Waals surface area contributed by atoms with E-state index in [2.05, 4.69) is 6.92 Å². The number of nitrogens with two attached hydrogens (primary N) is 1. The van der Waals surface area contributed by atoms with E-state index in [9.17, 15) is 0 Å². The quantitative estimate of drug-likeness (QED) is 0.540. The van der Waals surface area contributed by atoms with E-state index in [4.69, 9.17) is 10.5 Å². The van der Waals surface area contributed by atoms with Crippen molar-refractivity contribution in [1.29, 1.82) is 0 Å². The summed E-state index contributed by atoms with van der Waals surface area (Å²) in [6, 6.07) is 0. The summed E-state index contributed by atoms with van der Waals surface area (Å²) in [5, 5.41) is 0. The van der Waals surface area contributed by atoms with E-state index >= 15 is 0 Å². The summed E-state index contributed by atoms with van der Waals surface area (Å²) in [7, 11) is 0. The minimum absolute atomic E-state index is 0.0139. The van der Waals surface area contributed by atoms with Crippen LogP contribution < -0.4 is 5.73 Å². The van der Waals surface area contributed by atoms with Gasteiger partial charge < -0.3 is 10.5 Å². The Morgan fingerprint density at radius 3 is 2.75 bits per heavy atom. The van der Waals surface area contributed by atoms with Crippen LogP contribution >= 0.6 is 0 Å². The van der Waals surface area contributed by atoms with Gasteiger partial charge in [0, 0.05) is 12.1 Å². The van der Waals surface area contributed by atoms with Crippen LogP contribution in [0.4, 0.5) is 0 Å². The standard InChI is InChI=1S/C6H13NO/c1-2-6(7)3-4-8-5-6/h2-5,7H2,1H3. The minimum atomic E-state index is 0.0139. The molecule has 1 heterocycles. The normalized spacial score (nSPS) is 38.2. The Hall–Kier alpha value is -0.0800. The minimum Gasteiger partial charge on any atom is -0.379 e. The van der Waals surface area contributed by atoms with E-state index < -0.39 is 0 Å². The molecule has 0 aromatic carbocycles. The highest BCUT2D eigenvalue weighted by molar-refractivity contribution is 4.85. The first-order chi connectivity index (χ1) is 3.77. The maximum absolute atomic E-state index is 5.83. The van der Waals surface area contributed by atoms with E-state index in [-0.39, 0.29) is 5.54 Å². The second kappa shape index (κ2) is 2.03. The van der Waals surface area contributed by atoms with E-state index in [1.165, 1.54) is 0 Å². The van der Waals surface area contributed by atoms with Gasteiger partial charge in [0.2, 0.25) is 0 Å². The molecule has 1 fully saturated rings. The van der Waals surface area contributed by atoms with Gasteiger partial charge in [-0.05, 0) is 12.8 Å². The molecule has 0 aliphatic carbocycles. The molecule has 0 bridgehead atoms. The molecular formula is C6H13NO. The maximum Gasteiger partial charge on any atom is 0.0646 e. The summed E-state index contributed by atoms with van der Waals surface area (Å²) in [5.41, 5.74) is 5.85. The zero-order valence-electron chi connectivity index (χ0n) is 5.31. The van der Waals surface area contributed by atoms with Crippen molar-refractivity contribution in [2.75, 3.05) is 13.2 Å². The van der Waals surface area contributed by atoms with Gasteiger partial charge >= 0.3 is 0 Å². The Labute approximate surface area is 50.0 Å². The molecule has 0 saturated carbocycles. The van der Waals surface area contributed by atoms with Gasteiger partial charge in [-0.2, -0.15) is 0 Å². The van der Waals surface area contributed by atoms with Crippen molar-refractivity contribution in [3.8, 4) is 0 Å². The fourth-order valence-corrected chi connectivity index (χ4v) is 0.902. The first kappa shape index (κ1) is 6.05. The molecule has 1 saturated heterocycles. The first-order valence-corrected chi connectivity index (χ1v) is 3.13. The van der Waals surface area contributed by atoms with Gasteiger partial charge in [0.1, 0.15) is 0 Å². The van der Waals surface area contributed by atoms with Gasteiger partial charge in [0.05, 0.1) is 6.61 Å². The van der Waals surface area contributed by atoms with Gasteiger partial charge in [-0.15, -0.1) is 0 Å². The monoisotopic (exact) mass is 115 g/mol. The third-order valence-corrected chi connectivity index (χ3v) is 1.84. The van der Waals surface area contributed by atoms with Gasteiger partial charge in [-0.1, -0.05) is 6.92 Å². The molecule has 1 aliphatic heterocycles. The number of rotatable bonds is 1. The molecule has 8 heavy (non-hydrogen) atoms. The van der Waals surface area contributed by atoms with Crippen LogP contribution in [0.15, 0.2) is 0 Å². The smallest absolute Gasteiger partial charge is 0.0646 e. The lowest BCUT2D eigenvalue weighted by atomic mass is 9.97. The highest BCUT2D eigenvalue weighted by Gasteiger charge is 2.27. The molecule has 0 aromatic heterocycles. The van der Waals surface area contributed by atoms with Crippen molar-refractivity contribution in [1.82, 2.24) is 0 Å². The summed E-state index contributed by atoms with van der Waals surface area (Å²) < 4.78 is 5.13. The zero-order chi connectivity index (χ0) is 6.04. The lowest BCUT2D eigenvalue weighted by molar-refractivity contribution is 0.177. The number of hydrogen-bond acceptors (Lipinski definition) is 2. The van der Waals surface area contributed by atoms with Crippen LogP contribution in [0.25, 0.3) is 0 Å². The Balaban J connectivity index is 2.40. The topological polar surface area (TPSA) is 35.2 Å². The van der Waals surface area contributed by atoms with Crippen LogP contribution in [0.5, 0.6) is 0 Å². The molecule has 1 aliphatic rings. The summed E-state index contributed by atoms with van der Waals surface area (Å²) in [4.78, 5) is 0. The highest BCUT2D eigenvalue weighted by atomic mass is 16.5. The Morgan fingerprint density at radius 1 is 1.75 bits per heavy atom. The largest absolute Gasteiger partial charge is 0.379 e. The van der Waals surface area contributed by atoms with Crippen LogP contribution in [0, 0.1) is 0 Å². The predicted molar refractivity (Wildman–Crippen MR) is 32.6 cm³/mol.